The van der Waals surface area contributed by atoms with Crippen LogP contribution in [0.15, 0.2) is 50.4 Å². The molecule has 0 radical (unpaired) electrons. The van der Waals surface area contributed by atoms with Crippen molar-refractivity contribution in [3.63, 3.8) is 0 Å². The standard InChI is InChI=1S/C19H19Br2N3O4/c1-27-16-10-12(9-15(21)18(16)28-2)11-23-24-17(25)7-8-22-19(26)13-5-3-4-6-14(13)20/h3-6,9-11H,7-8H2,1-2H3,(H,22,26)(H,24,25)/b23-11-. The molecule has 2 N–H and O–H groups in total. The van der Waals surface area contributed by atoms with Gasteiger partial charge in [-0.2, -0.15) is 5.10 Å². The number of amides is 2. The lowest BCUT2D eigenvalue weighted by molar-refractivity contribution is -0.120. The molecule has 28 heavy (non-hydrogen) atoms. The van der Waals surface area contributed by atoms with E-state index in [9.17, 15) is 9.59 Å². The summed E-state index contributed by atoms with van der Waals surface area (Å²) in [6.07, 6.45) is 1.59. The van der Waals surface area contributed by atoms with E-state index in [1.807, 2.05) is 6.07 Å². The molecule has 0 spiro atoms. The van der Waals surface area contributed by atoms with Crippen LogP contribution in [-0.4, -0.2) is 38.8 Å². The van der Waals surface area contributed by atoms with E-state index in [1.165, 1.54) is 13.3 Å². The molecule has 0 aromatic heterocycles. The Hall–Kier alpha value is -2.39. The fourth-order valence-electron chi connectivity index (χ4n) is 2.28. The van der Waals surface area contributed by atoms with E-state index >= 15 is 0 Å². The molecular formula is C19H19Br2N3O4. The SMILES string of the molecule is COc1cc(/C=N\NC(=O)CCNC(=O)c2ccccc2Br)cc(Br)c1OC. The summed E-state index contributed by atoms with van der Waals surface area (Å²) in [5.41, 5.74) is 3.65. The molecule has 0 aliphatic heterocycles. The maximum absolute atomic E-state index is 12.1. The summed E-state index contributed by atoms with van der Waals surface area (Å²) in [6, 6.07) is 10.6. The molecule has 0 unspecified atom stereocenters. The van der Waals surface area contributed by atoms with Crippen molar-refractivity contribution in [1.29, 1.82) is 0 Å². The minimum absolute atomic E-state index is 0.100. The van der Waals surface area contributed by atoms with Gasteiger partial charge in [0.25, 0.3) is 5.91 Å². The van der Waals surface area contributed by atoms with Crippen molar-refractivity contribution < 1.29 is 19.1 Å². The number of carbonyl (C=O) groups is 2. The molecule has 2 amide bonds. The molecule has 2 aromatic carbocycles. The van der Waals surface area contributed by atoms with E-state index in [0.717, 1.165) is 0 Å². The summed E-state index contributed by atoms with van der Waals surface area (Å²) < 4.78 is 11.9. The highest BCUT2D eigenvalue weighted by molar-refractivity contribution is 9.10. The van der Waals surface area contributed by atoms with Gasteiger partial charge in [0.1, 0.15) is 0 Å². The zero-order chi connectivity index (χ0) is 20.5. The van der Waals surface area contributed by atoms with Gasteiger partial charge in [-0.05, 0) is 61.7 Å². The number of hydrogen-bond donors (Lipinski definition) is 2. The van der Waals surface area contributed by atoms with E-state index in [2.05, 4.69) is 47.7 Å². The first-order valence-electron chi connectivity index (χ1n) is 8.22. The number of nitrogens with zero attached hydrogens (tertiary/aromatic N) is 1. The average Bonchev–Trinajstić information content (AvgIpc) is 2.67. The van der Waals surface area contributed by atoms with Crippen LogP contribution in [0, 0.1) is 0 Å². The maximum Gasteiger partial charge on any atom is 0.252 e. The van der Waals surface area contributed by atoms with Crippen LogP contribution in [0.5, 0.6) is 11.5 Å². The molecular weight excluding hydrogens is 494 g/mol. The Kier molecular flexibility index (Phi) is 8.46. The molecule has 2 rings (SSSR count). The first-order chi connectivity index (χ1) is 13.5. The normalized spacial score (nSPS) is 10.6. The topological polar surface area (TPSA) is 89.0 Å². The zero-order valence-corrected chi connectivity index (χ0v) is 18.5. The Labute approximate surface area is 179 Å². The van der Waals surface area contributed by atoms with Gasteiger partial charge in [-0.15, -0.1) is 0 Å². The van der Waals surface area contributed by atoms with Gasteiger partial charge < -0.3 is 14.8 Å². The summed E-state index contributed by atoms with van der Waals surface area (Å²) in [5.74, 6) is 0.547. The fourth-order valence-corrected chi connectivity index (χ4v) is 3.36. The molecule has 0 atom stereocenters. The molecule has 0 saturated carbocycles. The Balaban J connectivity index is 1.83. The lowest BCUT2D eigenvalue weighted by atomic mass is 10.2. The van der Waals surface area contributed by atoms with Crippen LogP contribution in [-0.2, 0) is 4.79 Å². The maximum atomic E-state index is 12.1. The van der Waals surface area contributed by atoms with Crippen molar-refractivity contribution in [2.24, 2.45) is 5.10 Å². The van der Waals surface area contributed by atoms with Gasteiger partial charge in [-0.3, -0.25) is 9.59 Å². The van der Waals surface area contributed by atoms with Gasteiger partial charge in [0.2, 0.25) is 5.91 Å². The molecule has 2 aromatic rings. The van der Waals surface area contributed by atoms with Crippen LogP contribution < -0.4 is 20.2 Å². The van der Waals surface area contributed by atoms with Crippen LogP contribution in [0.2, 0.25) is 0 Å². The van der Waals surface area contributed by atoms with Gasteiger partial charge in [-0.1, -0.05) is 12.1 Å². The number of carbonyl (C=O) groups excluding carboxylic acids is 2. The quantitative estimate of drug-likeness (QED) is 0.418. The lowest BCUT2D eigenvalue weighted by Crippen LogP contribution is -2.29. The summed E-state index contributed by atoms with van der Waals surface area (Å²) in [6.45, 7) is 0.198. The predicted octanol–water partition coefficient (Wildman–Crippen LogP) is 3.50. The predicted molar refractivity (Wildman–Crippen MR) is 114 cm³/mol. The summed E-state index contributed by atoms with van der Waals surface area (Å²) in [7, 11) is 3.08. The van der Waals surface area contributed by atoms with Gasteiger partial charge in [0, 0.05) is 17.4 Å². The van der Waals surface area contributed by atoms with Gasteiger partial charge in [-0.25, -0.2) is 5.43 Å². The Morgan fingerprint density at radius 1 is 1.11 bits per heavy atom. The molecule has 0 bridgehead atoms. The number of benzene rings is 2. The number of methoxy groups -OCH3 is 2. The van der Waals surface area contributed by atoms with Gasteiger partial charge >= 0.3 is 0 Å². The van der Waals surface area contributed by atoms with E-state index in [1.54, 1.807) is 37.4 Å². The Morgan fingerprint density at radius 3 is 2.54 bits per heavy atom. The van der Waals surface area contributed by atoms with E-state index in [-0.39, 0.29) is 24.8 Å². The van der Waals surface area contributed by atoms with E-state index < -0.39 is 0 Å². The first-order valence-corrected chi connectivity index (χ1v) is 9.81. The number of hydrazone groups is 1. The molecule has 7 nitrogen and oxygen atoms in total. The summed E-state index contributed by atoms with van der Waals surface area (Å²) >= 11 is 6.71. The van der Waals surface area contributed by atoms with Crippen LogP contribution in [0.1, 0.15) is 22.3 Å². The zero-order valence-electron chi connectivity index (χ0n) is 15.3. The number of rotatable bonds is 8. The van der Waals surface area contributed by atoms with Crippen molar-refractivity contribution in [3.05, 3.63) is 56.5 Å². The molecule has 0 aliphatic carbocycles. The third kappa shape index (κ3) is 6.07. The average molecular weight is 513 g/mol. The third-order valence-electron chi connectivity index (χ3n) is 3.61. The molecule has 0 heterocycles. The fraction of sp³-hybridized carbons (Fsp3) is 0.211. The monoisotopic (exact) mass is 511 g/mol. The largest absolute Gasteiger partial charge is 0.493 e. The van der Waals surface area contributed by atoms with Crippen molar-refractivity contribution in [2.45, 2.75) is 6.42 Å². The van der Waals surface area contributed by atoms with Crippen LogP contribution in [0.25, 0.3) is 0 Å². The van der Waals surface area contributed by atoms with Crippen molar-refractivity contribution >= 4 is 49.9 Å². The number of nitrogens with one attached hydrogen (secondary N) is 2. The van der Waals surface area contributed by atoms with Crippen molar-refractivity contribution in [2.75, 3.05) is 20.8 Å². The first kappa shape index (κ1) is 21.9. The number of halogens is 2. The van der Waals surface area contributed by atoms with E-state index in [0.29, 0.717) is 31.6 Å². The lowest BCUT2D eigenvalue weighted by Gasteiger charge is -2.10. The molecule has 0 aliphatic rings. The number of hydrogen-bond acceptors (Lipinski definition) is 5. The third-order valence-corrected chi connectivity index (χ3v) is 4.90. The van der Waals surface area contributed by atoms with Crippen LogP contribution >= 0.6 is 31.9 Å². The number of ether oxygens (including phenoxy) is 2. The minimum Gasteiger partial charge on any atom is -0.493 e. The highest BCUT2D eigenvalue weighted by Gasteiger charge is 2.10. The highest BCUT2D eigenvalue weighted by Crippen LogP contribution is 2.35. The highest BCUT2D eigenvalue weighted by atomic mass is 79.9. The van der Waals surface area contributed by atoms with Gasteiger partial charge in [0.05, 0.1) is 30.5 Å². The Morgan fingerprint density at radius 2 is 1.86 bits per heavy atom. The second-order valence-corrected chi connectivity index (χ2v) is 7.23. The van der Waals surface area contributed by atoms with Crippen molar-refractivity contribution in [1.82, 2.24) is 10.7 Å². The van der Waals surface area contributed by atoms with Crippen LogP contribution in [0.3, 0.4) is 0 Å². The molecule has 0 fully saturated rings. The molecule has 0 saturated heterocycles. The molecule has 9 heteroatoms. The second kappa shape index (κ2) is 10.8. The smallest absolute Gasteiger partial charge is 0.252 e. The second-order valence-electron chi connectivity index (χ2n) is 5.52. The van der Waals surface area contributed by atoms with Crippen molar-refractivity contribution in [3.8, 4) is 11.5 Å². The summed E-state index contributed by atoms with van der Waals surface area (Å²) in [5, 5.41) is 6.62. The van der Waals surface area contributed by atoms with Crippen LogP contribution in [0.4, 0.5) is 0 Å². The Bertz CT molecular complexity index is 887. The molecule has 148 valence electrons. The van der Waals surface area contributed by atoms with E-state index in [4.69, 9.17) is 9.47 Å². The summed E-state index contributed by atoms with van der Waals surface area (Å²) in [4.78, 5) is 23.9. The van der Waals surface area contributed by atoms with Gasteiger partial charge in [0.15, 0.2) is 11.5 Å². The minimum atomic E-state index is -0.316.